The van der Waals surface area contributed by atoms with Gasteiger partial charge in [-0.15, -0.1) is 0 Å². The van der Waals surface area contributed by atoms with E-state index in [0.717, 1.165) is 44.1 Å². The summed E-state index contributed by atoms with van der Waals surface area (Å²) in [6, 6.07) is 35.0. The Hall–Kier alpha value is -4.96. The van der Waals surface area contributed by atoms with E-state index in [9.17, 15) is 0 Å². The number of H-pyrrole nitrogens is 4. The smallest absolute Gasteiger partial charge is 0.0559 e. The normalized spacial score (nSPS) is 12.4. The minimum absolute atomic E-state index is 1.10. The Balaban J connectivity index is 1.64. The summed E-state index contributed by atoms with van der Waals surface area (Å²) in [7, 11) is 0. The number of nitrogens with one attached hydrogen (secondary N) is 4. The topological polar surface area (TPSA) is 63.2 Å². The lowest BCUT2D eigenvalue weighted by molar-refractivity contribution is 1.53. The molecule has 0 fully saturated rings. The van der Waals surface area contributed by atoms with Crippen LogP contribution in [0.2, 0.25) is 0 Å². The molecule has 0 spiro atoms. The lowest BCUT2D eigenvalue weighted by Gasteiger charge is -1.96. The van der Waals surface area contributed by atoms with Gasteiger partial charge in [0.25, 0.3) is 0 Å². The van der Waals surface area contributed by atoms with Gasteiger partial charge in [-0.05, 0) is 24.3 Å². The molecule has 0 aliphatic rings. The highest BCUT2D eigenvalue weighted by molar-refractivity contribution is 6.23. The first kappa shape index (κ1) is 18.4. The van der Waals surface area contributed by atoms with Crippen LogP contribution < -0.4 is 0 Å². The summed E-state index contributed by atoms with van der Waals surface area (Å²) < 4.78 is 0. The second-order valence-corrected chi connectivity index (χ2v) is 9.73. The molecule has 0 aliphatic carbocycles. The molecule has 4 aromatic carbocycles. The summed E-state index contributed by atoms with van der Waals surface area (Å²) in [5.74, 6) is 0. The van der Waals surface area contributed by atoms with Gasteiger partial charge in [-0.1, -0.05) is 72.8 Å². The number of para-hydroxylation sites is 4. The first-order chi connectivity index (χ1) is 17.8. The summed E-state index contributed by atoms with van der Waals surface area (Å²) in [5, 5.41) is 9.62. The zero-order valence-electron chi connectivity index (χ0n) is 19.2. The molecule has 4 nitrogen and oxygen atoms in total. The molecular weight excluding hydrogens is 440 g/mol. The third kappa shape index (κ3) is 2.24. The molecule has 168 valence electrons. The number of hydrogen-bond donors (Lipinski definition) is 4. The van der Waals surface area contributed by atoms with Crippen LogP contribution in [0, 0.1) is 0 Å². The van der Waals surface area contributed by atoms with Crippen LogP contribution in [0.1, 0.15) is 0 Å². The maximum absolute atomic E-state index is 3.79. The lowest BCUT2D eigenvalue weighted by atomic mass is 10.1. The average molecular weight is 461 g/mol. The van der Waals surface area contributed by atoms with Crippen molar-refractivity contribution in [3.63, 3.8) is 0 Å². The summed E-state index contributed by atoms with van der Waals surface area (Å²) in [6.07, 6.45) is 0. The van der Waals surface area contributed by atoms with Gasteiger partial charge in [0.1, 0.15) is 0 Å². The van der Waals surface area contributed by atoms with Crippen molar-refractivity contribution in [1.29, 1.82) is 0 Å². The molecule has 5 aromatic heterocycles. The minimum atomic E-state index is 1.10. The fourth-order valence-corrected chi connectivity index (χ4v) is 6.21. The van der Waals surface area contributed by atoms with Crippen LogP contribution in [-0.2, 0) is 0 Å². The highest BCUT2D eigenvalue weighted by atomic mass is 14.8. The Bertz CT molecular complexity index is 2040. The Labute approximate surface area is 204 Å². The molecule has 0 saturated carbocycles. The van der Waals surface area contributed by atoms with Gasteiger partial charge in [0.05, 0.1) is 22.1 Å². The predicted octanol–water partition coefficient (Wildman–Crippen LogP) is 8.79. The third-order valence-corrected chi connectivity index (χ3v) is 7.87. The molecule has 0 radical (unpaired) electrons. The minimum Gasteiger partial charge on any atom is -0.354 e. The number of hydrogen-bond acceptors (Lipinski definition) is 0. The van der Waals surface area contributed by atoms with Crippen LogP contribution in [0.25, 0.3) is 87.2 Å². The van der Waals surface area contributed by atoms with E-state index in [-0.39, 0.29) is 0 Å². The maximum Gasteiger partial charge on any atom is 0.0559 e. The molecule has 9 rings (SSSR count). The van der Waals surface area contributed by atoms with Crippen LogP contribution in [0.3, 0.4) is 0 Å². The van der Waals surface area contributed by atoms with E-state index in [1.807, 2.05) is 0 Å². The molecule has 5 heterocycles. The quantitative estimate of drug-likeness (QED) is 0.175. The van der Waals surface area contributed by atoms with Crippen molar-refractivity contribution in [2.24, 2.45) is 0 Å². The molecule has 4 N–H and O–H groups in total. The van der Waals surface area contributed by atoms with Crippen molar-refractivity contribution in [2.75, 3.05) is 0 Å². The summed E-state index contributed by atoms with van der Waals surface area (Å²) >= 11 is 0. The largest absolute Gasteiger partial charge is 0.354 e. The number of benzene rings is 4. The van der Waals surface area contributed by atoms with E-state index in [2.05, 4.69) is 117 Å². The van der Waals surface area contributed by atoms with Gasteiger partial charge in [-0.25, -0.2) is 0 Å². The standard InChI is InChI=1S/C32H20N4/c1-5-17-18-6-2-10-22-27-15-16-28(34-27)24-12-4-8-20-19-7-3-11-23(31(19)36-32(20)24)26-14-13-25(33-26)21(9-1)29(17)35-30(18)22/h1-16,33-36H. The number of fused-ring (bicyclic) bond motifs is 10. The second-order valence-electron chi connectivity index (χ2n) is 9.73. The number of aromatic amines is 4. The molecule has 0 unspecified atom stereocenters. The van der Waals surface area contributed by atoms with E-state index in [0.29, 0.717) is 0 Å². The van der Waals surface area contributed by atoms with Crippen molar-refractivity contribution in [1.82, 2.24) is 19.9 Å². The van der Waals surface area contributed by atoms with Gasteiger partial charge in [-0.3, -0.25) is 0 Å². The van der Waals surface area contributed by atoms with Crippen LogP contribution in [0.5, 0.6) is 0 Å². The Morgan fingerprint density at radius 3 is 0.778 bits per heavy atom. The summed E-state index contributed by atoms with van der Waals surface area (Å²) in [5.41, 5.74) is 9.02. The number of aromatic nitrogens is 4. The monoisotopic (exact) mass is 460 g/mol. The van der Waals surface area contributed by atoms with Crippen molar-refractivity contribution >= 4 is 87.2 Å². The van der Waals surface area contributed by atoms with E-state index < -0.39 is 0 Å². The molecule has 8 bridgehead atoms. The molecular formula is C32H20N4. The SMILES string of the molecule is c1cc2c3ccc([nH]3)c3cccc4c5cccc(c6ccc([nH]6)c6cccc7c(c1)c2[nH]c67)c5[nH]c34. The van der Waals surface area contributed by atoms with Crippen molar-refractivity contribution in [3.05, 3.63) is 97.1 Å². The maximum atomic E-state index is 3.79. The van der Waals surface area contributed by atoms with Gasteiger partial charge in [0.2, 0.25) is 0 Å². The molecule has 0 saturated heterocycles. The first-order valence-corrected chi connectivity index (χ1v) is 12.3. The van der Waals surface area contributed by atoms with Crippen LogP contribution in [0.15, 0.2) is 97.1 Å². The molecule has 0 atom stereocenters. The summed E-state index contributed by atoms with van der Waals surface area (Å²) in [6.45, 7) is 0. The summed E-state index contributed by atoms with van der Waals surface area (Å²) in [4.78, 5) is 15.0. The molecule has 9 aromatic rings. The fraction of sp³-hybridized carbons (Fsp3) is 0. The van der Waals surface area contributed by atoms with Crippen LogP contribution >= 0.6 is 0 Å². The van der Waals surface area contributed by atoms with E-state index in [1.54, 1.807) is 0 Å². The molecule has 4 heteroatoms. The lowest BCUT2D eigenvalue weighted by Crippen LogP contribution is -1.76. The second kappa shape index (κ2) is 6.37. The Morgan fingerprint density at radius 1 is 0.250 bits per heavy atom. The third-order valence-electron chi connectivity index (χ3n) is 7.87. The van der Waals surface area contributed by atoms with Crippen molar-refractivity contribution in [3.8, 4) is 0 Å². The zero-order chi connectivity index (χ0) is 23.4. The first-order valence-electron chi connectivity index (χ1n) is 12.3. The highest BCUT2D eigenvalue weighted by Gasteiger charge is 2.12. The fourth-order valence-electron chi connectivity index (χ4n) is 6.21. The molecule has 0 aliphatic heterocycles. The van der Waals surface area contributed by atoms with E-state index in [1.165, 1.54) is 43.1 Å². The van der Waals surface area contributed by atoms with Gasteiger partial charge in [-0.2, -0.15) is 0 Å². The van der Waals surface area contributed by atoms with Crippen molar-refractivity contribution in [2.45, 2.75) is 0 Å². The van der Waals surface area contributed by atoms with Crippen LogP contribution in [0.4, 0.5) is 0 Å². The average Bonchev–Trinajstić information content (AvgIpc) is 3.71. The Morgan fingerprint density at radius 2 is 0.500 bits per heavy atom. The number of rotatable bonds is 0. The van der Waals surface area contributed by atoms with E-state index >= 15 is 0 Å². The molecule has 0 amide bonds. The predicted molar refractivity (Wildman–Crippen MR) is 153 cm³/mol. The van der Waals surface area contributed by atoms with Gasteiger partial charge >= 0.3 is 0 Å². The Kier molecular flexibility index (Phi) is 3.25. The zero-order valence-corrected chi connectivity index (χ0v) is 19.2. The van der Waals surface area contributed by atoms with Gasteiger partial charge in [0.15, 0.2) is 0 Å². The van der Waals surface area contributed by atoms with Gasteiger partial charge < -0.3 is 19.9 Å². The van der Waals surface area contributed by atoms with Crippen molar-refractivity contribution < 1.29 is 0 Å². The van der Waals surface area contributed by atoms with E-state index in [4.69, 9.17) is 0 Å². The van der Waals surface area contributed by atoms with Gasteiger partial charge in [0, 0.05) is 65.2 Å². The van der Waals surface area contributed by atoms with Crippen LogP contribution in [-0.4, -0.2) is 19.9 Å². The molecule has 36 heavy (non-hydrogen) atoms. The highest BCUT2D eigenvalue weighted by Crippen LogP contribution is 2.36.